The molecule has 0 bridgehead atoms. The Morgan fingerprint density at radius 3 is 2.53 bits per heavy atom. The van der Waals surface area contributed by atoms with Crippen LogP contribution < -0.4 is 0 Å². The molecule has 0 fully saturated rings. The first-order chi connectivity index (χ1) is 6.82. The number of hydrogen-bond donors (Lipinski definition) is 2. The van der Waals surface area contributed by atoms with E-state index in [4.69, 9.17) is 14.6 Å². The molecular weight excluding hydrogens is 198 g/mol. The van der Waals surface area contributed by atoms with Gasteiger partial charge in [-0.3, -0.25) is 0 Å². The zero-order valence-corrected chi connectivity index (χ0v) is 8.81. The minimum absolute atomic E-state index is 0.291. The summed E-state index contributed by atoms with van der Waals surface area (Å²) in [5.41, 5.74) is 0.0450. The number of aliphatic hydroxyl groups excluding tert-OH is 1. The molecule has 15 heavy (non-hydrogen) atoms. The van der Waals surface area contributed by atoms with Gasteiger partial charge in [0.05, 0.1) is 0 Å². The Labute approximate surface area is 87.1 Å². The van der Waals surface area contributed by atoms with Gasteiger partial charge in [0.1, 0.15) is 11.5 Å². The molecule has 82 valence electrons. The molecule has 0 radical (unpaired) electrons. The van der Waals surface area contributed by atoms with Crippen molar-refractivity contribution in [3.8, 4) is 0 Å². The van der Waals surface area contributed by atoms with Gasteiger partial charge in [0.15, 0.2) is 6.39 Å². The molecule has 0 saturated carbocycles. The SMILES string of the molecule is CC(C)(C)c1ocnc1/C=C(\O)C(=O)O. The molecule has 0 saturated heterocycles. The topological polar surface area (TPSA) is 83.6 Å². The van der Waals surface area contributed by atoms with E-state index in [-0.39, 0.29) is 5.41 Å². The van der Waals surface area contributed by atoms with Crippen LogP contribution in [0.1, 0.15) is 32.2 Å². The first-order valence-corrected chi connectivity index (χ1v) is 4.40. The van der Waals surface area contributed by atoms with Gasteiger partial charge in [0.25, 0.3) is 0 Å². The van der Waals surface area contributed by atoms with Crippen molar-refractivity contribution >= 4 is 12.0 Å². The number of rotatable bonds is 2. The lowest BCUT2D eigenvalue weighted by atomic mass is 9.91. The van der Waals surface area contributed by atoms with Gasteiger partial charge in [-0.25, -0.2) is 9.78 Å². The third-order valence-corrected chi connectivity index (χ3v) is 1.77. The normalized spacial score (nSPS) is 12.9. The van der Waals surface area contributed by atoms with Crippen LogP contribution in [0, 0.1) is 0 Å². The summed E-state index contributed by atoms with van der Waals surface area (Å²) in [6.07, 6.45) is 2.30. The van der Waals surface area contributed by atoms with Crippen LogP contribution in [-0.2, 0) is 10.2 Å². The molecule has 5 heteroatoms. The lowest BCUT2D eigenvalue weighted by Gasteiger charge is -2.14. The van der Waals surface area contributed by atoms with Crippen LogP contribution in [0.3, 0.4) is 0 Å². The van der Waals surface area contributed by atoms with Crippen molar-refractivity contribution < 1.29 is 19.4 Å². The number of carbonyl (C=O) groups is 1. The Morgan fingerprint density at radius 1 is 1.47 bits per heavy atom. The van der Waals surface area contributed by atoms with E-state index in [9.17, 15) is 4.79 Å². The van der Waals surface area contributed by atoms with Crippen LogP contribution in [0.2, 0.25) is 0 Å². The first kappa shape index (κ1) is 11.3. The zero-order valence-electron chi connectivity index (χ0n) is 8.81. The maximum absolute atomic E-state index is 10.4. The number of hydrogen-bond acceptors (Lipinski definition) is 4. The summed E-state index contributed by atoms with van der Waals surface area (Å²) in [4.78, 5) is 14.2. The number of oxazole rings is 1. The van der Waals surface area contributed by atoms with E-state index in [1.807, 2.05) is 20.8 Å². The highest BCUT2D eigenvalue weighted by molar-refractivity contribution is 5.89. The minimum Gasteiger partial charge on any atom is -0.502 e. The Hall–Kier alpha value is -1.78. The second-order valence-electron chi connectivity index (χ2n) is 4.15. The van der Waals surface area contributed by atoms with E-state index in [0.29, 0.717) is 11.5 Å². The predicted octanol–water partition coefficient (Wildman–Crippen LogP) is 1.96. The van der Waals surface area contributed by atoms with Crippen molar-refractivity contribution in [3.63, 3.8) is 0 Å². The van der Waals surface area contributed by atoms with E-state index < -0.39 is 11.7 Å². The summed E-state index contributed by atoms with van der Waals surface area (Å²) >= 11 is 0. The summed E-state index contributed by atoms with van der Waals surface area (Å²) in [5.74, 6) is -1.61. The van der Waals surface area contributed by atoms with Crippen molar-refractivity contribution in [2.24, 2.45) is 0 Å². The molecule has 0 aliphatic heterocycles. The van der Waals surface area contributed by atoms with Crippen LogP contribution in [-0.4, -0.2) is 21.2 Å². The van der Waals surface area contributed by atoms with Crippen molar-refractivity contribution in [3.05, 3.63) is 23.6 Å². The van der Waals surface area contributed by atoms with Crippen molar-refractivity contribution in [2.75, 3.05) is 0 Å². The maximum Gasteiger partial charge on any atom is 0.371 e. The third kappa shape index (κ3) is 2.59. The van der Waals surface area contributed by atoms with E-state index in [1.54, 1.807) is 0 Å². The molecule has 1 heterocycles. The highest BCUT2D eigenvalue weighted by atomic mass is 16.4. The van der Waals surface area contributed by atoms with E-state index in [2.05, 4.69) is 4.98 Å². The fourth-order valence-electron chi connectivity index (χ4n) is 1.11. The molecule has 0 aliphatic rings. The molecule has 0 aliphatic carbocycles. The standard InChI is InChI=1S/C10H13NO4/c1-10(2,3)8-6(11-5-15-8)4-7(12)9(13)14/h4-5,12H,1-3H3,(H,13,14)/b7-4-. The molecule has 1 rings (SSSR count). The van der Waals surface area contributed by atoms with Gasteiger partial charge in [-0.1, -0.05) is 20.8 Å². The lowest BCUT2D eigenvalue weighted by molar-refractivity contribution is -0.135. The number of aliphatic hydroxyl groups is 1. The van der Waals surface area contributed by atoms with Gasteiger partial charge in [0, 0.05) is 11.5 Å². The molecule has 0 atom stereocenters. The Kier molecular flexibility index (Phi) is 2.83. The molecule has 0 spiro atoms. The van der Waals surface area contributed by atoms with Crippen molar-refractivity contribution in [1.82, 2.24) is 4.98 Å². The first-order valence-electron chi connectivity index (χ1n) is 4.40. The maximum atomic E-state index is 10.4. The van der Waals surface area contributed by atoms with Crippen molar-refractivity contribution in [1.29, 1.82) is 0 Å². The van der Waals surface area contributed by atoms with Crippen LogP contribution in [0.25, 0.3) is 6.08 Å². The van der Waals surface area contributed by atoms with Gasteiger partial charge in [-0.05, 0) is 0 Å². The summed E-state index contributed by atoms with van der Waals surface area (Å²) in [6.45, 7) is 5.72. The molecule has 2 N–H and O–H groups in total. The Morgan fingerprint density at radius 2 is 2.07 bits per heavy atom. The summed E-state index contributed by atoms with van der Waals surface area (Å²) < 4.78 is 5.15. The average Bonchev–Trinajstić information content (AvgIpc) is 2.50. The molecule has 0 amide bonds. The quantitative estimate of drug-likeness (QED) is 0.577. The van der Waals surface area contributed by atoms with E-state index in [1.165, 1.54) is 6.39 Å². The average molecular weight is 211 g/mol. The monoisotopic (exact) mass is 211 g/mol. The molecule has 0 unspecified atom stereocenters. The summed E-state index contributed by atoms with van der Waals surface area (Å²) in [5, 5.41) is 17.6. The number of aliphatic carboxylic acids is 1. The van der Waals surface area contributed by atoms with Crippen LogP contribution in [0.5, 0.6) is 0 Å². The molecule has 5 nitrogen and oxygen atoms in total. The Balaban J connectivity index is 3.12. The number of aromatic nitrogens is 1. The van der Waals surface area contributed by atoms with Gasteiger partial charge in [-0.15, -0.1) is 0 Å². The molecular formula is C10H13NO4. The second-order valence-corrected chi connectivity index (χ2v) is 4.15. The Bertz CT molecular complexity index is 398. The molecule has 1 aromatic heterocycles. The van der Waals surface area contributed by atoms with E-state index in [0.717, 1.165) is 6.08 Å². The molecule has 1 aromatic rings. The summed E-state index contributed by atoms with van der Waals surface area (Å²) in [6, 6.07) is 0. The van der Waals surface area contributed by atoms with Crippen LogP contribution in [0.15, 0.2) is 16.6 Å². The zero-order chi connectivity index (χ0) is 11.6. The third-order valence-electron chi connectivity index (χ3n) is 1.77. The number of carboxylic acids is 1. The molecule has 0 aromatic carbocycles. The number of carboxylic acid groups (broad SMARTS) is 1. The van der Waals surface area contributed by atoms with Crippen LogP contribution >= 0.6 is 0 Å². The lowest BCUT2D eigenvalue weighted by Crippen LogP contribution is -2.12. The van der Waals surface area contributed by atoms with E-state index >= 15 is 0 Å². The van der Waals surface area contributed by atoms with Crippen molar-refractivity contribution in [2.45, 2.75) is 26.2 Å². The summed E-state index contributed by atoms with van der Waals surface area (Å²) in [7, 11) is 0. The second kappa shape index (κ2) is 3.76. The van der Waals surface area contributed by atoms with Gasteiger partial charge < -0.3 is 14.6 Å². The number of nitrogens with zero attached hydrogens (tertiary/aromatic N) is 1. The van der Waals surface area contributed by atoms with Gasteiger partial charge >= 0.3 is 5.97 Å². The van der Waals surface area contributed by atoms with Gasteiger partial charge in [-0.2, -0.15) is 0 Å². The van der Waals surface area contributed by atoms with Crippen LogP contribution in [0.4, 0.5) is 0 Å². The van der Waals surface area contributed by atoms with Gasteiger partial charge in [0.2, 0.25) is 5.76 Å². The highest BCUT2D eigenvalue weighted by Crippen LogP contribution is 2.26. The fraction of sp³-hybridized carbons (Fsp3) is 0.400. The highest BCUT2D eigenvalue weighted by Gasteiger charge is 2.22. The largest absolute Gasteiger partial charge is 0.502 e. The predicted molar refractivity (Wildman–Crippen MR) is 53.4 cm³/mol. The smallest absolute Gasteiger partial charge is 0.371 e. The fourth-order valence-corrected chi connectivity index (χ4v) is 1.11. The minimum atomic E-state index is -1.39.